The van der Waals surface area contributed by atoms with Gasteiger partial charge >= 0.3 is 0 Å². The third kappa shape index (κ3) is 1.66. The molecule has 5 heteroatoms. The number of ether oxygens (including phenoxy) is 1. The van der Waals surface area contributed by atoms with E-state index in [0.717, 1.165) is 0 Å². The maximum Gasteiger partial charge on any atom is 0.243 e. The van der Waals surface area contributed by atoms with Crippen molar-refractivity contribution >= 4 is 10.9 Å². The Bertz CT molecular complexity index is 481. The second-order valence-corrected chi connectivity index (χ2v) is 3.20. The molecule has 0 aliphatic carbocycles. The summed E-state index contributed by atoms with van der Waals surface area (Å²) < 4.78 is 20.4. The van der Waals surface area contributed by atoms with Crippen LogP contribution in [0.15, 0.2) is 18.2 Å². The summed E-state index contributed by atoms with van der Waals surface area (Å²) in [5.74, 6) is -0.0244. The SMILES string of the molecule is Cn1nc(OCCN)c2c(F)cccc21. The average Bonchev–Trinajstić information content (AvgIpc) is 2.55. The Morgan fingerprint density at radius 3 is 3.07 bits per heavy atom. The molecule has 0 aliphatic rings. The molecule has 15 heavy (non-hydrogen) atoms. The molecule has 2 N–H and O–H groups in total. The Morgan fingerprint density at radius 1 is 1.53 bits per heavy atom. The van der Waals surface area contributed by atoms with Crippen molar-refractivity contribution in [2.75, 3.05) is 13.2 Å². The lowest BCUT2D eigenvalue weighted by atomic mass is 10.2. The molecule has 2 rings (SSSR count). The van der Waals surface area contributed by atoms with Crippen molar-refractivity contribution in [1.82, 2.24) is 9.78 Å². The van der Waals surface area contributed by atoms with Crippen LogP contribution in [0.25, 0.3) is 10.9 Å². The van der Waals surface area contributed by atoms with Crippen LogP contribution in [-0.2, 0) is 7.05 Å². The number of benzene rings is 1. The summed E-state index contributed by atoms with van der Waals surface area (Å²) in [6.45, 7) is 0.715. The highest BCUT2D eigenvalue weighted by atomic mass is 19.1. The van der Waals surface area contributed by atoms with Gasteiger partial charge in [-0.05, 0) is 12.1 Å². The standard InChI is InChI=1S/C10H12FN3O/c1-14-8-4-2-3-7(11)9(8)10(13-14)15-6-5-12/h2-4H,5-6,12H2,1H3. The van der Waals surface area contributed by atoms with Crippen LogP contribution in [0.2, 0.25) is 0 Å². The molecular weight excluding hydrogens is 197 g/mol. The molecule has 0 spiro atoms. The zero-order chi connectivity index (χ0) is 10.8. The maximum atomic E-state index is 13.5. The molecule has 0 aliphatic heterocycles. The highest BCUT2D eigenvalue weighted by molar-refractivity contribution is 5.85. The molecule has 2 aromatic rings. The normalized spacial score (nSPS) is 10.9. The van der Waals surface area contributed by atoms with Crippen LogP contribution in [0.5, 0.6) is 5.88 Å². The molecule has 0 fully saturated rings. The molecule has 0 radical (unpaired) electrons. The lowest BCUT2D eigenvalue weighted by Crippen LogP contribution is -2.11. The lowest BCUT2D eigenvalue weighted by molar-refractivity contribution is 0.315. The van der Waals surface area contributed by atoms with Crippen LogP contribution in [0, 0.1) is 5.82 Å². The molecule has 0 unspecified atom stereocenters. The highest BCUT2D eigenvalue weighted by Gasteiger charge is 2.13. The summed E-state index contributed by atoms with van der Waals surface area (Å²) >= 11 is 0. The van der Waals surface area contributed by atoms with Crippen LogP contribution in [-0.4, -0.2) is 22.9 Å². The van der Waals surface area contributed by atoms with Gasteiger partial charge in [0.15, 0.2) is 0 Å². The van der Waals surface area contributed by atoms with Crippen molar-refractivity contribution in [1.29, 1.82) is 0 Å². The van der Waals surface area contributed by atoms with Crippen molar-refractivity contribution in [3.8, 4) is 5.88 Å². The molecule has 1 aromatic carbocycles. The minimum Gasteiger partial charge on any atom is -0.475 e. The van der Waals surface area contributed by atoms with E-state index in [9.17, 15) is 4.39 Å². The highest BCUT2D eigenvalue weighted by Crippen LogP contribution is 2.26. The molecular formula is C10H12FN3O. The number of rotatable bonds is 3. The van der Waals surface area contributed by atoms with Crippen LogP contribution in [0.3, 0.4) is 0 Å². The van der Waals surface area contributed by atoms with E-state index < -0.39 is 0 Å². The summed E-state index contributed by atoms with van der Waals surface area (Å²) in [5, 5.41) is 4.50. The summed E-state index contributed by atoms with van der Waals surface area (Å²) in [5.41, 5.74) is 6.02. The minimum absolute atomic E-state index is 0.302. The molecule has 0 saturated heterocycles. The first-order valence-electron chi connectivity index (χ1n) is 4.68. The first kappa shape index (κ1) is 9.92. The van der Waals surface area contributed by atoms with Crippen molar-refractivity contribution < 1.29 is 9.13 Å². The fourth-order valence-corrected chi connectivity index (χ4v) is 1.49. The van der Waals surface area contributed by atoms with Crippen molar-refractivity contribution in [2.45, 2.75) is 0 Å². The van der Waals surface area contributed by atoms with E-state index in [1.54, 1.807) is 23.9 Å². The first-order valence-corrected chi connectivity index (χ1v) is 4.68. The second kappa shape index (κ2) is 3.86. The van der Waals surface area contributed by atoms with E-state index in [4.69, 9.17) is 10.5 Å². The number of hydrogen-bond donors (Lipinski definition) is 1. The molecule has 1 heterocycles. The van der Waals surface area contributed by atoms with E-state index in [0.29, 0.717) is 29.9 Å². The van der Waals surface area contributed by atoms with E-state index in [1.165, 1.54) is 6.07 Å². The van der Waals surface area contributed by atoms with Gasteiger partial charge in [-0.1, -0.05) is 6.07 Å². The molecule has 1 aromatic heterocycles. The number of halogens is 1. The Kier molecular flexibility index (Phi) is 2.55. The second-order valence-electron chi connectivity index (χ2n) is 3.20. The minimum atomic E-state index is -0.326. The van der Waals surface area contributed by atoms with Crippen LogP contribution in [0.4, 0.5) is 4.39 Å². The predicted octanol–water partition coefficient (Wildman–Crippen LogP) is 1.05. The largest absolute Gasteiger partial charge is 0.475 e. The van der Waals surface area contributed by atoms with Crippen LogP contribution in [0.1, 0.15) is 0 Å². The van der Waals surface area contributed by atoms with Gasteiger partial charge in [0.2, 0.25) is 5.88 Å². The molecule has 4 nitrogen and oxygen atoms in total. The van der Waals surface area contributed by atoms with Crippen molar-refractivity contribution in [3.63, 3.8) is 0 Å². The van der Waals surface area contributed by atoms with Gasteiger partial charge in [0, 0.05) is 13.6 Å². The van der Waals surface area contributed by atoms with E-state index >= 15 is 0 Å². The van der Waals surface area contributed by atoms with Crippen LogP contribution < -0.4 is 10.5 Å². The Morgan fingerprint density at radius 2 is 2.33 bits per heavy atom. The maximum absolute atomic E-state index is 13.5. The number of fused-ring (bicyclic) bond motifs is 1. The smallest absolute Gasteiger partial charge is 0.243 e. The van der Waals surface area contributed by atoms with Gasteiger partial charge < -0.3 is 10.5 Å². The van der Waals surface area contributed by atoms with Crippen LogP contribution >= 0.6 is 0 Å². The third-order valence-corrected chi connectivity index (χ3v) is 2.15. The summed E-state index contributed by atoms with van der Waals surface area (Å²) in [6, 6.07) is 4.83. The molecule has 0 bridgehead atoms. The van der Waals surface area contributed by atoms with Crippen molar-refractivity contribution in [3.05, 3.63) is 24.0 Å². The van der Waals surface area contributed by atoms with Gasteiger partial charge in [0.25, 0.3) is 0 Å². The molecule has 0 amide bonds. The van der Waals surface area contributed by atoms with Gasteiger partial charge in [-0.2, -0.15) is 0 Å². The number of hydrogen-bond acceptors (Lipinski definition) is 3. The van der Waals surface area contributed by atoms with Gasteiger partial charge in [0.1, 0.15) is 12.4 Å². The zero-order valence-corrected chi connectivity index (χ0v) is 8.40. The fourth-order valence-electron chi connectivity index (χ4n) is 1.49. The monoisotopic (exact) mass is 209 g/mol. The quantitative estimate of drug-likeness (QED) is 0.822. The zero-order valence-electron chi connectivity index (χ0n) is 8.40. The molecule has 0 atom stereocenters. The third-order valence-electron chi connectivity index (χ3n) is 2.15. The van der Waals surface area contributed by atoms with Gasteiger partial charge in [-0.25, -0.2) is 4.39 Å². The summed E-state index contributed by atoms with van der Waals surface area (Å²) in [7, 11) is 1.75. The average molecular weight is 209 g/mol. The van der Waals surface area contributed by atoms with Gasteiger partial charge in [0.05, 0.1) is 10.9 Å². The number of nitrogens with two attached hydrogens (primary N) is 1. The molecule has 0 saturated carbocycles. The van der Waals surface area contributed by atoms with Crippen molar-refractivity contribution in [2.24, 2.45) is 12.8 Å². The van der Waals surface area contributed by atoms with Gasteiger partial charge in [-0.3, -0.25) is 4.68 Å². The number of aryl methyl sites for hydroxylation is 1. The van der Waals surface area contributed by atoms with E-state index in [1.807, 2.05) is 0 Å². The summed E-state index contributed by atoms with van der Waals surface area (Å²) in [4.78, 5) is 0. The first-order chi connectivity index (χ1) is 7.24. The number of nitrogens with zero attached hydrogens (tertiary/aromatic N) is 2. The lowest BCUT2D eigenvalue weighted by Gasteiger charge is -2.00. The van der Waals surface area contributed by atoms with Gasteiger partial charge in [-0.15, -0.1) is 5.10 Å². The van der Waals surface area contributed by atoms with E-state index in [2.05, 4.69) is 5.10 Å². The van der Waals surface area contributed by atoms with E-state index in [-0.39, 0.29) is 5.82 Å². The fraction of sp³-hybridized carbons (Fsp3) is 0.300. The number of aromatic nitrogens is 2. The predicted molar refractivity (Wildman–Crippen MR) is 55.2 cm³/mol. The summed E-state index contributed by atoms with van der Waals surface area (Å²) in [6.07, 6.45) is 0. The topological polar surface area (TPSA) is 53.1 Å². The Balaban J connectivity index is 2.54. The Labute approximate surface area is 86.4 Å². The Hall–Kier alpha value is -1.62. The molecule has 80 valence electrons.